The lowest BCUT2D eigenvalue weighted by molar-refractivity contribution is 0.0713. The lowest BCUT2D eigenvalue weighted by Crippen LogP contribution is -2.38. The van der Waals surface area contributed by atoms with E-state index in [4.69, 9.17) is 5.73 Å². The standard InChI is InChI=1S/C19H20N4O2S/c1-22-7-4-13(11-17(22)24)12-5-8-23(9-6-12)18(25)14-2-3-16-15(10-14)21-19(20)26-16/h2-4,7,10-12H,5-6,8-9H2,1H3,(H2,20,21). The van der Waals surface area contributed by atoms with Crippen molar-refractivity contribution in [3.8, 4) is 0 Å². The number of carbonyl (C=O) groups excluding carboxylic acids is 1. The first kappa shape index (κ1) is 16.8. The SMILES string of the molecule is Cn1ccc(C2CCN(C(=O)c3ccc4sc(N)nc4c3)CC2)cc1=O. The average molecular weight is 368 g/mol. The number of fused-ring (bicyclic) bond motifs is 1. The lowest BCUT2D eigenvalue weighted by Gasteiger charge is -2.32. The first-order valence-electron chi connectivity index (χ1n) is 8.63. The van der Waals surface area contributed by atoms with Crippen LogP contribution in [-0.4, -0.2) is 33.4 Å². The number of hydrogen-bond donors (Lipinski definition) is 1. The van der Waals surface area contributed by atoms with E-state index in [0.29, 0.717) is 29.7 Å². The number of thiazole rings is 1. The van der Waals surface area contributed by atoms with Crippen molar-refractivity contribution in [1.29, 1.82) is 0 Å². The molecule has 0 saturated carbocycles. The van der Waals surface area contributed by atoms with E-state index < -0.39 is 0 Å². The normalized spacial score (nSPS) is 15.5. The smallest absolute Gasteiger partial charge is 0.253 e. The molecule has 7 heteroatoms. The highest BCUT2D eigenvalue weighted by Gasteiger charge is 2.25. The number of piperidine rings is 1. The molecule has 0 unspecified atom stereocenters. The van der Waals surface area contributed by atoms with Crippen molar-refractivity contribution in [2.24, 2.45) is 7.05 Å². The van der Waals surface area contributed by atoms with Crippen LogP contribution in [0, 0.1) is 0 Å². The number of anilines is 1. The summed E-state index contributed by atoms with van der Waals surface area (Å²) in [5, 5.41) is 0.513. The maximum Gasteiger partial charge on any atom is 0.253 e. The summed E-state index contributed by atoms with van der Waals surface area (Å²) in [5.41, 5.74) is 8.24. The van der Waals surface area contributed by atoms with Gasteiger partial charge in [-0.2, -0.15) is 0 Å². The summed E-state index contributed by atoms with van der Waals surface area (Å²) < 4.78 is 2.56. The zero-order valence-corrected chi connectivity index (χ0v) is 15.3. The minimum absolute atomic E-state index is 0.0110. The molecule has 0 aliphatic carbocycles. The second-order valence-electron chi connectivity index (χ2n) is 6.71. The maximum atomic E-state index is 12.8. The van der Waals surface area contributed by atoms with Gasteiger partial charge >= 0.3 is 0 Å². The fraction of sp³-hybridized carbons (Fsp3) is 0.316. The van der Waals surface area contributed by atoms with Crippen LogP contribution in [0.25, 0.3) is 10.2 Å². The highest BCUT2D eigenvalue weighted by molar-refractivity contribution is 7.22. The predicted molar refractivity (Wildman–Crippen MR) is 104 cm³/mol. The molecule has 3 heterocycles. The van der Waals surface area contributed by atoms with Crippen LogP contribution in [0.15, 0.2) is 41.3 Å². The van der Waals surface area contributed by atoms with E-state index in [0.717, 1.165) is 28.6 Å². The van der Waals surface area contributed by atoms with E-state index in [1.54, 1.807) is 17.7 Å². The van der Waals surface area contributed by atoms with Gasteiger partial charge in [0.1, 0.15) is 0 Å². The third-order valence-electron chi connectivity index (χ3n) is 5.03. The highest BCUT2D eigenvalue weighted by Crippen LogP contribution is 2.29. The maximum absolute atomic E-state index is 12.8. The minimum Gasteiger partial charge on any atom is -0.375 e. The molecule has 1 aromatic carbocycles. The number of nitrogens with two attached hydrogens (primary N) is 1. The second kappa shape index (κ2) is 6.57. The van der Waals surface area contributed by atoms with Crippen LogP contribution in [0.4, 0.5) is 5.13 Å². The molecular weight excluding hydrogens is 348 g/mol. The quantitative estimate of drug-likeness (QED) is 0.754. The van der Waals surface area contributed by atoms with Gasteiger partial charge in [-0.05, 0) is 48.6 Å². The number of aromatic nitrogens is 2. The Balaban J connectivity index is 1.47. The van der Waals surface area contributed by atoms with Crippen LogP contribution < -0.4 is 11.3 Å². The summed E-state index contributed by atoms with van der Waals surface area (Å²) in [6, 6.07) is 9.28. The van der Waals surface area contributed by atoms with Crippen molar-refractivity contribution < 1.29 is 4.79 Å². The van der Waals surface area contributed by atoms with Gasteiger partial charge in [0, 0.05) is 38.0 Å². The molecule has 0 spiro atoms. The Labute approximate surface area is 154 Å². The summed E-state index contributed by atoms with van der Waals surface area (Å²) in [4.78, 5) is 30.8. The Morgan fingerprint density at radius 3 is 2.73 bits per heavy atom. The number of carbonyl (C=O) groups is 1. The van der Waals surface area contributed by atoms with Crippen molar-refractivity contribution in [3.63, 3.8) is 0 Å². The molecule has 0 radical (unpaired) electrons. The molecule has 1 aliphatic rings. The zero-order valence-electron chi connectivity index (χ0n) is 14.5. The number of hydrogen-bond acceptors (Lipinski definition) is 5. The molecule has 1 saturated heterocycles. The minimum atomic E-state index is 0.0110. The molecular formula is C19H20N4O2S. The molecule has 0 atom stereocenters. The van der Waals surface area contributed by atoms with E-state index in [-0.39, 0.29) is 11.5 Å². The molecule has 1 amide bonds. The van der Waals surface area contributed by atoms with Crippen LogP contribution in [0.3, 0.4) is 0 Å². The van der Waals surface area contributed by atoms with E-state index in [1.807, 2.05) is 35.4 Å². The number of pyridine rings is 1. The van der Waals surface area contributed by atoms with Gasteiger partial charge in [-0.15, -0.1) is 0 Å². The topological polar surface area (TPSA) is 81.2 Å². The fourth-order valence-corrected chi connectivity index (χ4v) is 4.21. The van der Waals surface area contributed by atoms with Crippen molar-refractivity contribution in [1.82, 2.24) is 14.5 Å². The van der Waals surface area contributed by atoms with Gasteiger partial charge in [0.2, 0.25) is 0 Å². The third kappa shape index (κ3) is 3.10. The van der Waals surface area contributed by atoms with Crippen molar-refractivity contribution in [2.75, 3.05) is 18.8 Å². The Hall–Kier alpha value is -2.67. The van der Waals surface area contributed by atoms with E-state index in [9.17, 15) is 9.59 Å². The molecule has 2 N–H and O–H groups in total. The van der Waals surface area contributed by atoms with Crippen LogP contribution in [0.2, 0.25) is 0 Å². The van der Waals surface area contributed by atoms with Gasteiger partial charge in [0.15, 0.2) is 5.13 Å². The molecule has 134 valence electrons. The molecule has 0 bridgehead atoms. The second-order valence-corrected chi connectivity index (χ2v) is 7.77. The number of nitrogens with zero attached hydrogens (tertiary/aromatic N) is 3. The first-order valence-corrected chi connectivity index (χ1v) is 9.45. The fourth-order valence-electron chi connectivity index (χ4n) is 3.49. The molecule has 1 aliphatic heterocycles. The van der Waals surface area contributed by atoms with Crippen LogP contribution in [0.5, 0.6) is 0 Å². The zero-order chi connectivity index (χ0) is 18.3. The molecule has 4 rings (SSSR count). The largest absolute Gasteiger partial charge is 0.375 e. The Kier molecular flexibility index (Phi) is 4.24. The average Bonchev–Trinajstić information content (AvgIpc) is 3.02. The van der Waals surface area contributed by atoms with Gasteiger partial charge in [-0.1, -0.05) is 11.3 Å². The Bertz CT molecular complexity index is 1030. The number of nitrogen functional groups attached to an aromatic ring is 1. The summed E-state index contributed by atoms with van der Waals surface area (Å²) in [5.74, 6) is 0.356. The third-order valence-corrected chi connectivity index (χ3v) is 5.90. The molecule has 3 aromatic rings. The van der Waals surface area contributed by atoms with Gasteiger partial charge in [0.25, 0.3) is 11.5 Å². The molecule has 6 nitrogen and oxygen atoms in total. The van der Waals surface area contributed by atoms with Gasteiger partial charge < -0.3 is 15.2 Å². The van der Waals surface area contributed by atoms with Crippen molar-refractivity contribution in [3.05, 3.63) is 58.0 Å². The summed E-state index contributed by atoms with van der Waals surface area (Å²) in [7, 11) is 1.75. The Morgan fingerprint density at radius 2 is 2.00 bits per heavy atom. The van der Waals surface area contributed by atoms with Crippen LogP contribution in [0.1, 0.15) is 34.7 Å². The molecule has 26 heavy (non-hydrogen) atoms. The Morgan fingerprint density at radius 1 is 1.23 bits per heavy atom. The summed E-state index contributed by atoms with van der Waals surface area (Å²) in [6.07, 6.45) is 3.54. The van der Waals surface area contributed by atoms with Gasteiger partial charge in [-0.3, -0.25) is 9.59 Å². The molecule has 2 aromatic heterocycles. The number of likely N-dealkylation sites (tertiary alicyclic amines) is 1. The van der Waals surface area contributed by atoms with Crippen LogP contribution >= 0.6 is 11.3 Å². The number of aryl methyl sites for hydroxylation is 1. The number of benzene rings is 1. The summed E-state index contributed by atoms with van der Waals surface area (Å²) in [6.45, 7) is 1.38. The summed E-state index contributed by atoms with van der Waals surface area (Å²) >= 11 is 1.42. The molecule has 1 fully saturated rings. The van der Waals surface area contributed by atoms with Crippen LogP contribution in [-0.2, 0) is 7.05 Å². The van der Waals surface area contributed by atoms with E-state index >= 15 is 0 Å². The van der Waals surface area contributed by atoms with E-state index in [2.05, 4.69) is 4.98 Å². The number of rotatable bonds is 2. The van der Waals surface area contributed by atoms with Crippen molar-refractivity contribution >= 4 is 32.6 Å². The highest BCUT2D eigenvalue weighted by atomic mass is 32.1. The monoisotopic (exact) mass is 368 g/mol. The lowest BCUT2D eigenvalue weighted by atomic mass is 9.90. The first-order chi connectivity index (χ1) is 12.5. The van der Waals surface area contributed by atoms with Gasteiger partial charge in [0.05, 0.1) is 10.2 Å². The predicted octanol–water partition coefficient (Wildman–Crippen LogP) is 2.60. The number of amides is 1. The van der Waals surface area contributed by atoms with Crippen molar-refractivity contribution in [2.45, 2.75) is 18.8 Å². The van der Waals surface area contributed by atoms with Gasteiger partial charge in [-0.25, -0.2) is 4.98 Å². The van der Waals surface area contributed by atoms with E-state index in [1.165, 1.54) is 11.3 Å².